The lowest BCUT2D eigenvalue weighted by atomic mass is 10.2. The van der Waals surface area contributed by atoms with Gasteiger partial charge in [-0.3, -0.25) is 0 Å². The number of nitrogens with one attached hydrogen (secondary N) is 1. The normalized spacial score (nSPS) is 18.9. The van der Waals surface area contributed by atoms with Gasteiger partial charge in [-0.15, -0.1) is 5.10 Å². The van der Waals surface area contributed by atoms with Crippen LogP contribution in [-0.2, 0) is 4.74 Å². The summed E-state index contributed by atoms with van der Waals surface area (Å²) in [7, 11) is 1.52. The zero-order valence-corrected chi connectivity index (χ0v) is 16.9. The molecule has 0 radical (unpaired) electrons. The van der Waals surface area contributed by atoms with Crippen molar-refractivity contribution in [1.82, 2.24) is 25.1 Å². The van der Waals surface area contributed by atoms with Gasteiger partial charge in [-0.2, -0.15) is 5.10 Å². The van der Waals surface area contributed by atoms with Crippen molar-refractivity contribution in [3.05, 3.63) is 42.7 Å². The Labute approximate surface area is 173 Å². The van der Waals surface area contributed by atoms with Crippen LogP contribution in [0.1, 0.15) is 13.8 Å². The van der Waals surface area contributed by atoms with Gasteiger partial charge in [0.2, 0.25) is 5.88 Å². The Kier molecular flexibility index (Phi) is 5.66. The molecule has 0 aliphatic carbocycles. The van der Waals surface area contributed by atoms with Crippen molar-refractivity contribution in [1.29, 1.82) is 0 Å². The third-order valence-corrected chi connectivity index (χ3v) is 4.63. The molecule has 1 N–H and O–H groups in total. The standard InChI is InChI=1S/C20H22FN7O2/c1-12-10-28(11-13(2)30-12)19-5-16(15(21)7-23-19)26-18-4-14(6-25-27-18)17-8-24-20(29-3)9-22-17/h4-9,12-13H,10-11H2,1-3H3,(H,23,26,27)/t12-,13+. The fourth-order valence-corrected chi connectivity index (χ4v) is 3.34. The van der Waals surface area contributed by atoms with Gasteiger partial charge < -0.3 is 19.7 Å². The first-order chi connectivity index (χ1) is 14.5. The molecule has 1 fully saturated rings. The fourth-order valence-electron chi connectivity index (χ4n) is 3.34. The van der Waals surface area contributed by atoms with Crippen LogP contribution in [0.3, 0.4) is 0 Å². The summed E-state index contributed by atoms with van der Waals surface area (Å²) in [4.78, 5) is 14.8. The number of ether oxygens (including phenoxy) is 2. The molecule has 10 heteroatoms. The van der Waals surface area contributed by atoms with Crippen molar-refractivity contribution in [3.63, 3.8) is 0 Å². The molecule has 1 aliphatic heterocycles. The van der Waals surface area contributed by atoms with Crippen LogP contribution in [0.15, 0.2) is 36.9 Å². The maximum absolute atomic E-state index is 14.4. The van der Waals surface area contributed by atoms with E-state index >= 15 is 0 Å². The van der Waals surface area contributed by atoms with Crippen molar-refractivity contribution in [2.24, 2.45) is 0 Å². The highest BCUT2D eigenvalue weighted by molar-refractivity contribution is 5.66. The molecular formula is C20H22FN7O2. The van der Waals surface area contributed by atoms with E-state index in [1.165, 1.54) is 19.5 Å². The molecule has 0 spiro atoms. The Bertz CT molecular complexity index is 1010. The first kappa shape index (κ1) is 19.9. The van der Waals surface area contributed by atoms with Crippen LogP contribution in [0, 0.1) is 5.82 Å². The van der Waals surface area contributed by atoms with Gasteiger partial charge in [0, 0.05) is 24.7 Å². The second kappa shape index (κ2) is 8.54. The van der Waals surface area contributed by atoms with Gasteiger partial charge in [0.15, 0.2) is 11.6 Å². The minimum atomic E-state index is -0.482. The third-order valence-electron chi connectivity index (χ3n) is 4.63. The van der Waals surface area contributed by atoms with E-state index in [-0.39, 0.29) is 17.9 Å². The number of hydrogen-bond donors (Lipinski definition) is 1. The second-order valence-corrected chi connectivity index (χ2v) is 7.08. The fraction of sp³-hybridized carbons (Fsp3) is 0.350. The van der Waals surface area contributed by atoms with E-state index in [1.807, 2.05) is 13.8 Å². The molecule has 0 aromatic carbocycles. The van der Waals surface area contributed by atoms with E-state index in [2.05, 4.69) is 35.4 Å². The highest BCUT2D eigenvalue weighted by atomic mass is 19.1. The molecule has 4 heterocycles. The Hall–Kier alpha value is -3.40. The summed E-state index contributed by atoms with van der Waals surface area (Å²) < 4.78 is 25.2. The number of morpholine rings is 1. The first-order valence-corrected chi connectivity index (χ1v) is 9.54. The zero-order valence-electron chi connectivity index (χ0n) is 16.9. The summed E-state index contributed by atoms with van der Waals surface area (Å²) in [5.74, 6) is 0.984. The van der Waals surface area contributed by atoms with Gasteiger partial charge in [-0.25, -0.2) is 19.3 Å². The predicted octanol–water partition coefficient (Wildman–Crippen LogP) is 2.83. The van der Waals surface area contributed by atoms with Gasteiger partial charge in [0.05, 0.1) is 55.5 Å². The van der Waals surface area contributed by atoms with E-state index < -0.39 is 5.82 Å². The van der Waals surface area contributed by atoms with Gasteiger partial charge in [0.25, 0.3) is 0 Å². The molecular weight excluding hydrogens is 389 g/mol. The summed E-state index contributed by atoms with van der Waals surface area (Å²) in [6.07, 6.45) is 6.00. The first-order valence-electron chi connectivity index (χ1n) is 9.54. The monoisotopic (exact) mass is 411 g/mol. The third kappa shape index (κ3) is 4.43. The van der Waals surface area contributed by atoms with E-state index in [1.54, 1.807) is 24.5 Å². The number of nitrogens with zero attached hydrogens (tertiary/aromatic N) is 6. The number of halogens is 1. The molecule has 30 heavy (non-hydrogen) atoms. The molecule has 2 atom stereocenters. The topological polar surface area (TPSA) is 98.2 Å². The van der Waals surface area contributed by atoms with Gasteiger partial charge in [0.1, 0.15) is 5.82 Å². The Morgan fingerprint density at radius 3 is 2.57 bits per heavy atom. The van der Waals surface area contributed by atoms with Crippen molar-refractivity contribution < 1.29 is 13.9 Å². The van der Waals surface area contributed by atoms with Crippen molar-refractivity contribution in [3.8, 4) is 17.1 Å². The highest BCUT2D eigenvalue weighted by Gasteiger charge is 2.24. The van der Waals surface area contributed by atoms with Gasteiger partial charge >= 0.3 is 0 Å². The minimum absolute atomic E-state index is 0.0742. The number of rotatable bonds is 5. The molecule has 4 rings (SSSR count). The summed E-state index contributed by atoms with van der Waals surface area (Å²) in [5, 5.41) is 11.0. The molecule has 0 amide bonds. The van der Waals surface area contributed by atoms with Crippen LogP contribution in [-0.4, -0.2) is 57.6 Å². The molecule has 0 saturated carbocycles. The quantitative estimate of drug-likeness (QED) is 0.679. The Morgan fingerprint density at radius 1 is 1.07 bits per heavy atom. The molecule has 9 nitrogen and oxygen atoms in total. The van der Waals surface area contributed by atoms with Crippen LogP contribution < -0.4 is 15.0 Å². The predicted molar refractivity (Wildman–Crippen MR) is 109 cm³/mol. The minimum Gasteiger partial charge on any atom is -0.480 e. The summed E-state index contributed by atoms with van der Waals surface area (Å²) in [5.41, 5.74) is 1.55. The smallest absolute Gasteiger partial charge is 0.232 e. The van der Waals surface area contributed by atoms with Crippen LogP contribution in [0.4, 0.5) is 21.7 Å². The molecule has 1 saturated heterocycles. The average Bonchev–Trinajstić information content (AvgIpc) is 2.75. The molecule has 3 aromatic heterocycles. The molecule has 3 aromatic rings. The van der Waals surface area contributed by atoms with Gasteiger partial charge in [-0.1, -0.05) is 0 Å². The van der Waals surface area contributed by atoms with Crippen LogP contribution in [0.25, 0.3) is 11.3 Å². The number of hydrogen-bond acceptors (Lipinski definition) is 9. The molecule has 0 bridgehead atoms. The van der Waals surface area contributed by atoms with Crippen molar-refractivity contribution in [2.45, 2.75) is 26.1 Å². The summed E-state index contributed by atoms with van der Waals surface area (Å²) >= 11 is 0. The zero-order chi connectivity index (χ0) is 21.1. The molecule has 0 unspecified atom stereocenters. The Morgan fingerprint density at radius 2 is 1.87 bits per heavy atom. The van der Waals surface area contributed by atoms with Crippen LogP contribution in [0.5, 0.6) is 5.88 Å². The van der Waals surface area contributed by atoms with Crippen molar-refractivity contribution in [2.75, 3.05) is 30.4 Å². The van der Waals surface area contributed by atoms with Crippen molar-refractivity contribution >= 4 is 17.3 Å². The van der Waals surface area contributed by atoms with Gasteiger partial charge in [-0.05, 0) is 19.9 Å². The van der Waals surface area contributed by atoms with E-state index in [4.69, 9.17) is 9.47 Å². The summed E-state index contributed by atoms with van der Waals surface area (Å²) in [6, 6.07) is 3.39. The van der Waals surface area contributed by atoms with Crippen LogP contribution in [0.2, 0.25) is 0 Å². The second-order valence-electron chi connectivity index (χ2n) is 7.08. The maximum atomic E-state index is 14.4. The maximum Gasteiger partial charge on any atom is 0.232 e. The van der Waals surface area contributed by atoms with E-state index in [0.717, 1.165) is 0 Å². The summed E-state index contributed by atoms with van der Waals surface area (Å²) in [6.45, 7) is 5.39. The number of pyridine rings is 1. The number of aromatic nitrogens is 5. The lowest BCUT2D eigenvalue weighted by Gasteiger charge is -2.36. The molecule has 156 valence electrons. The number of methoxy groups -OCH3 is 1. The largest absolute Gasteiger partial charge is 0.480 e. The van der Waals surface area contributed by atoms with E-state index in [9.17, 15) is 4.39 Å². The SMILES string of the molecule is COc1cnc(-c2cnnc(Nc3cc(N4C[C@@H](C)O[C@@H](C)C4)ncc3F)c2)cn1. The Balaban J connectivity index is 1.56. The lowest BCUT2D eigenvalue weighted by molar-refractivity contribution is -0.00546. The van der Waals surface area contributed by atoms with Crippen LogP contribution >= 0.6 is 0 Å². The number of anilines is 3. The molecule has 1 aliphatic rings. The lowest BCUT2D eigenvalue weighted by Crippen LogP contribution is -2.45. The van der Waals surface area contributed by atoms with E-state index in [0.29, 0.717) is 41.9 Å². The average molecular weight is 411 g/mol. The highest BCUT2D eigenvalue weighted by Crippen LogP contribution is 2.26.